The van der Waals surface area contributed by atoms with Crippen molar-refractivity contribution in [1.29, 1.82) is 0 Å². The zero-order valence-electron chi connectivity index (χ0n) is 11.2. The maximum absolute atomic E-state index is 12.6. The molecule has 1 aromatic carbocycles. The quantitative estimate of drug-likeness (QED) is 0.793. The third-order valence-electron chi connectivity index (χ3n) is 3.47. The second-order valence-corrected chi connectivity index (χ2v) is 7.36. The SMILES string of the molecule is COC1CCCN(S(=O)(=O)c2ccc(Cl)c(CCl)c2)C1. The fourth-order valence-electron chi connectivity index (χ4n) is 2.28. The lowest BCUT2D eigenvalue weighted by molar-refractivity contribution is 0.0572. The van der Waals surface area contributed by atoms with Gasteiger partial charge in [0.15, 0.2) is 0 Å². The predicted molar refractivity (Wildman–Crippen MR) is 79.8 cm³/mol. The molecule has 1 atom stereocenters. The van der Waals surface area contributed by atoms with Gasteiger partial charge in [0.05, 0.1) is 11.0 Å². The normalized spacial score (nSPS) is 21.1. The number of sulfonamides is 1. The van der Waals surface area contributed by atoms with Crippen LogP contribution in [0.5, 0.6) is 0 Å². The molecule has 1 saturated heterocycles. The Bertz CT molecular complexity index is 577. The van der Waals surface area contributed by atoms with Gasteiger partial charge in [-0.3, -0.25) is 0 Å². The molecule has 1 fully saturated rings. The van der Waals surface area contributed by atoms with Gasteiger partial charge in [-0.25, -0.2) is 8.42 Å². The summed E-state index contributed by atoms with van der Waals surface area (Å²) in [6.45, 7) is 0.901. The van der Waals surface area contributed by atoms with Crippen molar-refractivity contribution in [2.45, 2.75) is 29.7 Å². The number of hydrogen-bond acceptors (Lipinski definition) is 3. The number of piperidine rings is 1. The number of methoxy groups -OCH3 is 1. The molecule has 1 aliphatic heterocycles. The Morgan fingerprint density at radius 1 is 1.45 bits per heavy atom. The molecule has 20 heavy (non-hydrogen) atoms. The highest BCUT2D eigenvalue weighted by molar-refractivity contribution is 7.89. The molecule has 0 N–H and O–H groups in total. The second-order valence-electron chi connectivity index (χ2n) is 4.75. The van der Waals surface area contributed by atoms with Crippen molar-refractivity contribution in [3.8, 4) is 0 Å². The van der Waals surface area contributed by atoms with Crippen LogP contribution in [0.4, 0.5) is 0 Å². The number of halogens is 2. The van der Waals surface area contributed by atoms with E-state index in [9.17, 15) is 8.42 Å². The van der Waals surface area contributed by atoms with Crippen LogP contribution >= 0.6 is 23.2 Å². The molecule has 0 aliphatic carbocycles. The predicted octanol–water partition coefficient (Wildman–Crippen LogP) is 2.88. The molecule has 0 aromatic heterocycles. The summed E-state index contributed by atoms with van der Waals surface area (Å²) in [7, 11) is -1.91. The summed E-state index contributed by atoms with van der Waals surface area (Å²) in [6.07, 6.45) is 1.64. The molecule has 2 rings (SSSR count). The highest BCUT2D eigenvalue weighted by atomic mass is 35.5. The van der Waals surface area contributed by atoms with E-state index in [-0.39, 0.29) is 16.9 Å². The van der Waals surface area contributed by atoms with E-state index in [1.54, 1.807) is 19.2 Å². The number of alkyl halides is 1. The van der Waals surface area contributed by atoms with Gasteiger partial charge < -0.3 is 4.74 Å². The van der Waals surface area contributed by atoms with Crippen LogP contribution in [0.1, 0.15) is 18.4 Å². The lowest BCUT2D eigenvalue weighted by Crippen LogP contribution is -2.42. The molecule has 0 bridgehead atoms. The summed E-state index contributed by atoms with van der Waals surface area (Å²) in [5.41, 5.74) is 0.620. The molecule has 112 valence electrons. The molecule has 0 spiro atoms. The molecular weight excluding hydrogens is 321 g/mol. The minimum Gasteiger partial charge on any atom is -0.380 e. The molecule has 7 heteroatoms. The van der Waals surface area contributed by atoms with Gasteiger partial charge in [0.1, 0.15) is 0 Å². The second kappa shape index (κ2) is 6.62. The number of benzene rings is 1. The van der Waals surface area contributed by atoms with E-state index in [0.29, 0.717) is 23.7 Å². The summed E-state index contributed by atoms with van der Waals surface area (Å²) in [6, 6.07) is 4.63. The van der Waals surface area contributed by atoms with E-state index in [2.05, 4.69) is 0 Å². The Balaban J connectivity index is 2.30. The third-order valence-corrected chi connectivity index (χ3v) is 5.99. The third kappa shape index (κ3) is 3.28. The standard InChI is InChI=1S/C13H17Cl2NO3S/c1-19-11-3-2-6-16(9-11)20(17,18)12-4-5-13(15)10(7-12)8-14/h4-5,7,11H,2-3,6,8-9H2,1H3. The van der Waals surface area contributed by atoms with Crippen LogP contribution in [0.3, 0.4) is 0 Å². The topological polar surface area (TPSA) is 46.6 Å². The van der Waals surface area contributed by atoms with Crippen LogP contribution in [-0.2, 0) is 20.6 Å². The average Bonchev–Trinajstić information content (AvgIpc) is 2.47. The van der Waals surface area contributed by atoms with E-state index in [4.69, 9.17) is 27.9 Å². The molecule has 0 amide bonds. The number of hydrogen-bond donors (Lipinski definition) is 0. The fraction of sp³-hybridized carbons (Fsp3) is 0.538. The Hall–Kier alpha value is -0.330. The first-order valence-electron chi connectivity index (χ1n) is 6.36. The van der Waals surface area contributed by atoms with Crippen molar-refractivity contribution in [2.24, 2.45) is 0 Å². The minimum atomic E-state index is -3.52. The van der Waals surface area contributed by atoms with Crippen molar-refractivity contribution in [1.82, 2.24) is 4.31 Å². The lowest BCUT2D eigenvalue weighted by Gasteiger charge is -2.31. The highest BCUT2D eigenvalue weighted by Gasteiger charge is 2.30. The van der Waals surface area contributed by atoms with Crippen LogP contribution in [-0.4, -0.2) is 39.0 Å². The van der Waals surface area contributed by atoms with Crippen molar-refractivity contribution >= 4 is 33.2 Å². The van der Waals surface area contributed by atoms with Crippen molar-refractivity contribution in [3.05, 3.63) is 28.8 Å². The summed E-state index contributed by atoms with van der Waals surface area (Å²) in [4.78, 5) is 0.231. The van der Waals surface area contributed by atoms with E-state index < -0.39 is 10.0 Å². The molecule has 1 aliphatic rings. The molecule has 0 saturated carbocycles. The van der Waals surface area contributed by atoms with Gasteiger partial charge in [0, 0.05) is 31.1 Å². The smallest absolute Gasteiger partial charge is 0.243 e. The van der Waals surface area contributed by atoms with Crippen LogP contribution in [0.25, 0.3) is 0 Å². The van der Waals surface area contributed by atoms with Crippen LogP contribution in [0.15, 0.2) is 23.1 Å². The summed E-state index contributed by atoms with van der Waals surface area (Å²) >= 11 is 11.7. The monoisotopic (exact) mass is 337 g/mol. The molecule has 1 aromatic rings. The lowest BCUT2D eigenvalue weighted by atomic mass is 10.1. The van der Waals surface area contributed by atoms with E-state index in [1.165, 1.54) is 10.4 Å². The molecule has 4 nitrogen and oxygen atoms in total. The van der Waals surface area contributed by atoms with Gasteiger partial charge in [0.2, 0.25) is 10.0 Å². The van der Waals surface area contributed by atoms with Gasteiger partial charge in [-0.05, 0) is 36.6 Å². The first-order valence-corrected chi connectivity index (χ1v) is 8.71. The van der Waals surface area contributed by atoms with Crippen molar-refractivity contribution in [2.75, 3.05) is 20.2 Å². The fourth-order valence-corrected chi connectivity index (χ4v) is 4.31. The molecule has 0 radical (unpaired) electrons. The number of ether oxygens (including phenoxy) is 1. The Morgan fingerprint density at radius 3 is 2.85 bits per heavy atom. The molecule has 1 unspecified atom stereocenters. The summed E-state index contributed by atoms with van der Waals surface area (Å²) in [5.74, 6) is 0.183. The van der Waals surface area contributed by atoms with E-state index >= 15 is 0 Å². The Morgan fingerprint density at radius 2 is 2.20 bits per heavy atom. The highest BCUT2D eigenvalue weighted by Crippen LogP contribution is 2.26. The van der Waals surface area contributed by atoms with Gasteiger partial charge in [-0.2, -0.15) is 4.31 Å². The Kier molecular flexibility index (Phi) is 5.31. The van der Waals surface area contributed by atoms with E-state index in [1.807, 2.05) is 0 Å². The largest absolute Gasteiger partial charge is 0.380 e. The van der Waals surface area contributed by atoms with Crippen LogP contribution in [0, 0.1) is 0 Å². The summed E-state index contributed by atoms with van der Waals surface area (Å²) in [5, 5.41) is 0.479. The van der Waals surface area contributed by atoms with Crippen molar-refractivity contribution < 1.29 is 13.2 Å². The number of rotatable bonds is 4. The van der Waals surface area contributed by atoms with Gasteiger partial charge in [-0.15, -0.1) is 11.6 Å². The van der Waals surface area contributed by atoms with Gasteiger partial charge in [0.25, 0.3) is 0 Å². The zero-order valence-corrected chi connectivity index (χ0v) is 13.5. The van der Waals surface area contributed by atoms with Crippen LogP contribution in [0.2, 0.25) is 5.02 Å². The molecular formula is C13H17Cl2NO3S. The average molecular weight is 338 g/mol. The first kappa shape index (κ1) is 16.0. The number of nitrogens with zero attached hydrogens (tertiary/aromatic N) is 1. The molecule has 1 heterocycles. The zero-order chi connectivity index (χ0) is 14.8. The van der Waals surface area contributed by atoms with Gasteiger partial charge >= 0.3 is 0 Å². The maximum atomic E-state index is 12.6. The minimum absolute atomic E-state index is 0.0432. The van der Waals surface area contributed by atoms with Gasteiger partial charge in [-0.1, -0.05) is 11.6 Å². The first-order chi connectivity index (χ1) is 9.48. The van der Waals surface area contributed by atoms with E-state index in [0.717, 1.165) is 12.8 Å². The Labute approximate surface area is 129 Å². The summed E-state index contributed by atoms with van der Waals surface area (Å²) < 4.78 is 32.0. The van der Waals surface area contributed by atoms with Crippen LogP contribution < -0.4 is 0 Å². The maximum Gasteiger partial charge on any atom is 0.243 e. The van der Waals surface area contributed by atoms with Crippen molar-refractivity contribution in [3.63, 3.8) is 0 Å².